The SMILES string of the molecule is CC1(c2ccccc2)c2ccccc2-c2c(-c3cc(-c4ccccc4-c4ccc5oc6ccccc6c5c4)nc(-c4ccccc4)n3)cccc21. The number of rotatable bonds is 5. The number of para-hydroxylation sites is 1. The van der Waals surface area contributed by atoms with E-state index in [1.165, 1.54) is 27.8 Å². The molecule has 3 heteroatoms. The summed E-state index contributed by atoms with van der Waals surface area (Å²) >= 11 is 0. The van der Waals surface area contributed by atoms with E-state index >= 15 is 0 Å². The lowest BCUT2D eigenvalue weighted by molar-refractivity contribution is 0.669. The molecule has 240 valence electrons. The fourth-order valence-corrected chi connectivity index (χ4v) is 8.13. The maximum Gasteiger partial charge on any atom is 0.160 e. The van der Waals surface area contributed by atoms with Gasteiger partial charge in [-0.25, -0.2) is 9.97 Å². The van der Waals surface area contributed by atoms with Crippen molar-refractivity contribution < 1.29 is 4.42 Å². The summed E-state index contributed by atoms with van der Waals surface area (Å²) in [7, 11) is 0. The fourth-order valence-electron chi connectivity index (χ4n) is 8.13. The molecule has 10 rings (SSSR count). The fraction of sp³-hybridized carbons (Fsp3) is 0.0417. The number of furan rings is 1. The molecule has 0 bridgehead atoms. The van der Waals surface area contributed by atoms with Crippen LogP contribution in [0.2, 0.25) is 0 Å². The zero-order chi connectivity index (χ0) is 33.9. The van der Waals surface area contributed by atoms with E-state index in [4.69, 9.17) is 14.4 Å². The van der Waals surface area contributed by atoms with E-state index in [-0.39, 0.29) is 5.41 Å². The van der Waals surface area contributed by atoms with Gasteiger partial charge < -0.3 is 4.42 Å². The molecule has 3 nitrogen and oxygen atoms in total. The number of hydrogen-bond acceptors (Lipinski definition) is 3. The minimum Gasteiger partial charge on any atom is -0.456 e. The van der Waals surface area contributed by atoms with Crippen molar-refractivity contribution in [1.82, 2.24) is 9.97 Å². The Morgan fingerprint density at radius 2 is 1.04 bits per heavy atom. The van der Waals surface area contributed by atoms with Gasteiger partial charge in [-0.2, -0.15) is 0 Å². The summed E-state index contributed by atoms with van der Waals surface area (Å²) < 4.78 is 6.17. The van der Waals surface area contributed by atoms with E-state index in [1.807, 2.05) is 30.3 Å². The molecular weight excluding hydrogens is 621 g/mol. The van der Waals surface area contributed by atoms with E-state index in [9.17, 15) is 0 Å². The molecule has 0 spiro atoms. The van der Waals surface area contributed by atoms with Gasteiger partial charge in [0, 0.05) is 32.9 Å². The summed E-state index contributed by atoms with van der Waals surface area (Å²) in [5.41, 5.74) is 14.9. The zero-order valence-electron chi connectivity index (χ0n) is 28.0. The molecule has 0 saturated heterocycles. The summed E-state index contributed by atoms with van der Waals surface area (Å²) in [6, 6.07) is 62.1. The number of aromatic nitrogens is 2. The third kappa shape index (κ3) is 4.59. The smallest absolute Gasteiger partial charge is 0.160 e. The quantitative estimate of drug-likeness (QED) is 0.186. The maximum atomic E-state index is 6.17. The van der Waals surface area contributed by atoms with Crippen molar-refractivity contribution in [2.75, 3.05) is 0 Å². The summed E-state index contributed by atoms with van der Waals surface area (Å²) in [5, 5.41) is 2.22. The van der Waals surface area contributed by atoms with E-state index in [1.54, 1.807) is 0 Å². The van der Waals surface area contributed by atoms with Gasteiger partial charge in [0.1, 0.15) is 11.2 Å². The van der Waals surface area contributed by atoms with Crippen molar-refractivity contribution in [3.05, 3.63) is 193 Å². The van der Waals surface area contributed by atoms with Gasteiger partial charge in [0.05, 0.1) is 11.4 Å². The first-order chi connectivity index (χ1) is 25.2. The van der Waals surface area contributed by atoms with E-state index in [0.717, 1.165) is 61.1 Å². The van der Waals surface area contributed by atoms with Gasteiger partial charge in [-0.3, -0.25) is 0 Å². The Morgan fingerprint density at radius 3 is 1.86 bits per heavy atom. The molecular formula is C48H32N2O. The minimum atomic E-state index is -0.302. The number of nitrogens with zero attached hydrogens (tertiary/aromatic N) is 2. The van der Waals surface area contributed by atoms with Crippen LogP contribution in [0.15, 0.2) is 180 Å². The lowest BCUT2D eigenvalue weighted by Gasteiger charge is -2.28. The normalized spacial score (nSPS) is 14.8. The first kappa shape index (κ1) is 29.3. The van der Waals surface area contributed by atoms with Crippen molar-refractivity contribution in [3.8, 4) is 56.2 Å². The third-order valence-corrected chi connectivity index (χ3v) is 10.6. The van der Waals surface area contributed by atoms with Gasteiger partial charge in [0.2, 0.25) is 0 Å². The van der Waals surface area contributed by atoms with Crippen LogP contribution in [-0.4, -0.2) is 9.97 Å². The average molecular weight is 653 g/mol. The molecule has 2 aromatic heterocycles. The standard InChI is InChI=1S/C48H32N2O/c1-48(33-17-6-3-7-18-33)40-24-12-10-22-37(40)46-38(23-14-25-41(46)48)43-30-42(49-47(50-43)31-15-4-2-5-16-31)35-20-9-8-19-34(35)32-27-28-45-39(29-32)36-21-11-13-26-44(36)51-45/h2-30H,1H3. The maximum absolute atomic E-state index is 6.17. The Hall–Kier alpha value is -6.58. The molecule has 7 aromatic carbocycles. The molecule has 51 heavy (non-hydrogen) atoms. The molecule has 0 aliphatic heterocycles. The van der Waals surface area contributed by atoms with Crippen molar-refractivity contribution in [1.29, 1.82) is 0 Å². The molecule has 0 N–H and O–H groups in total. The molecule has 0 saturated carbocycles. The van der Waals surface area contributed by atoms with Crippen molar-refractivity contribution in [3.63, 3.8) is 0 Å². The highest BCUT2D eigenvalue weighted by Gasteiger charge is 2.41. The van der Waals surface area contributed by atoms with Gasteiger partial charge in [-0.05, 0) is 70.1 Å². The van der Waals surface area contributed by atoms with Crippen molar-refractivity contribution in [2.24, 2.45) is 0 Å². The average Bonchev–Trinajstić information content (AvgIpc) is 3.71. The van der Waals surface area contributed by atoms with Crippen LogP contribution < -0.4 is 0 Å². The van der Waals surface area contributed by atoms with Crippen molar-refractivity contribution in [2.45, 2.75) is 12.3 Å². The monoisotopic (exact) mass is 652 g/mol. The highest BCUT2D eigenvalue weighted by Crippen LogP contribution is 2.55. The van der Waals surface area contributed by atoms with Gasteiger partial charge in [0.15, 0.2) is 5.82 Å². The molecule has 0 radical (unpaired) electrons. The van der Waals surface area contributed by atoms with Crippen LogP contribution in [0.5, 0.6) is 0 Å². The second-order valence-corrected chi connectivity index (χ2v) is 13.4. The molecule has 1 aliphatic carbocycles. The van der Waals surface area contributed by atoms with E-state index in [2.05, 4.69) is 153 Å². The lowest BCUT2D eigenvalue weighted by atomic mass is 9.74. The highest BCUT2D eigenvalue weighted by atomic mass is 16.3. The van der Waals surface area contributed by atoms with Crippen LogP contribution in [0.25, 0.3) is 78.1 Å². The van der Waals surface area contributed by atoms with Gasteiger partial charge in [-0.15, -0.1) is 0 Å². The van der Waals surface area contributed by atoms with Gasteiger partial charge >= 0.3 is 0 Å². The Labute approximate surface area is 296 Å². The number of benzene rings is 7. The lowest BCUT2D eigenvalue weighted by Crippen LogP contribution is -2.22. The minimum absolute atomic E-state index is 0.302. The molecule has 0 fully saturated rings. The molecule has 2 heterocycles. The summed E-state index contributed by atoms with van der Waals surface area (Å²) in [6.45, 7) is 2.36. The van der Waals surface area contributed by atoms with Crippen molar-refractivity contribution >= 4 is 21.9 Å². The van der Waals surface area contributed by atoms with Crippen LogP contribution in [0.4, 0.5) is 0 Å². The Kier molecular flexibility index (Phi) is 6.62. The van der Waals surface area contributed by atoms with Gasteiger partial charge in [0.25, 0.3) is 0 Å². The Bertz CT molecular complexity index is 2760. The van der Waals surface area contributed by atoms with Crippen LogP contribution in [0.1, 0.15) is 23.6 Å². The molecule has 9 aromatic rings. The molecule has 0 amide bonds. The second-order valence-electron chi connectivity index (χ2n) is 13.4. The topological polar surface area (TPSA) is 38.9 Å². The molecule has 1 atom stereocenters. The van der Waals surface area contributed by atoms with E-state index < -0.39 is 0 Å². The van der Waals surface area contributed by atoms with Gasteiger partial charge in [-0.1, -0.05) is 152 Å². The summed E-state index contributed by atoms with van der Waals surface area (Å²) in [4.78, 5) is 10.6. The first-order valence-corrected chi connectivity index (χ1v) is 17.4. The van der Waals surface area contributed by atoms with Crippen LogP contribution in [-0.2, 0) is 5.41 Å². The second kappa shape index (κ2) is 11.5. The highest BCUT2D eigenvalue weighted by molar-refractivity contribution is 6.06. The zero-order valence-corrected chi connectivity index (χ0v) is 28.0. The summed E-state index contributed by atoms with van der Waals surface area (Å²) in [6.07, 6.45) is 0. The number of fused-ring (bicyclic) bond motifs is 6. The number of hydrogen-bond donors (Lipinski definition) is 0. The molecule has 1 unspecified atom stereocenters. The Balaban J connectivity index is 1.20. The predicted octanol–water partition coefficient (Wildman–Crippen LogP) is 12.4. The van der Waals surface area contributed by atoms with Crippen LogP contribution in [0, 0.1) is 0 Å². The van der Waals surface area contributed by atoms with E-state index in [0.29, 0.717) is 5.82 Å². The third-order valence-electron chi connectivity index (χ3n) is 10.6. The van der Waals surface area contributed by atoms with Crippen LogP contribution >= 0.6 is 0 Å². The first-order valence-electron chi connectivity index (χ1n) is 17.4. The predicted molar refractivity (Wildman–Crippen MR) is 208 cm³/mol. The van der Waals surface area contributed by atoms with Crippen LogP contribution in [0.3, 0.4) is 0 Å². The largest absolute Gasteiger partial charge is 0.456 e. The summed E-state index contributed by atoms with van der Waals surface area (Å²) in [5.74, 6) is 0.698. The molecule has 1 aliphatic rings. The Morgan fingerprint density at radius 1 is 0.431 bits per heavy atom.